The van der Waals surface area contributed by atoms with Gasteiger partial charge in [0.25, 0.3) is 5.91 Å². The number of hydrogen-bond acceptors (Lipinski definition) is 4. The number of carbonyl (C=O) groups excluding carboxylic acids is 1. The first-order chi connectivity index (χ1) is 13.4. The van der Waals surface area contributed by atoms with E-state index in [1.165, 1.54) is 6.20 Å². The maximum atomic E-state index is 12.9. The van der Waals surface area contributed by atoms with Gasteiger partial charge in [0.15, 0.2) is 0 Å². The number of aromatic carboxylic acids is 1. The van der Waals surface area contributed by atoms with Crippen LogP contribution in [-0.4, -0.2) is 49.7 Å². The summed E-state index contributed by atoms with van der Waals surface area (Å²) in [5.74, 6) is -1.08. The average Bonchev–Trinajstić information content (AvgIpc) is 3.08. The van der Waals surface area contributed by atoms with E-state index in [1.807, 2.05) is 12.1 Å². The number of carbonyl (C=O) groups is 2. The Morgan fingerprint density at radius 1 is 1.18 bits per heavy atom. The summed E-state index contributed by atoms with van der Waals surface area (Å²) in [6.07, 6.45) is 2.82. The Hall–Kier alpha value is -2.93. The van der Waals surface area contributed by atoms with Crippen molar-refractivity contribution in [3.63, 3.8) is 0 Å². The molecule has 0 radical (unpaired) electrons. The lowest BCUT2D eigenvalue weighted by atomic mass is 10.0. The number of piperidine rings is 1. The number of benzene rings is 1. The predicted molar refractivity (Wildman–Crippen MR) is 105 cm³/mol. The molecule has 144 valence electrons. The van der Waals surface area contributed by atoms with E-state index in [9.17, 15) is 14.7 Å². The monoisotopic (exact) mass is 398 g/mol. The molecular formula is C20H19ClN4O3. The molecule has 7 nitrogen and oxygen atoms in total. The molecule has 0 unspecified atom stereocenters. The van der Waals surface area contributed by atoms with Crippen LogP contribution >= 0.6 is 11.6 Å². The molecule has 3 aromatic rings. The zero-order chi connectivity index (χ0) is 19.8. The standard InChI is InChI=1S/C20H19ClN4O3/c1-12-16(20(27)28)11-22-25(12)15-6-8-24(9-7-15)19(26)17-5-3-13-2-4-14(21)10-18(13)23-17/h2-5,10-11,15H,6-9H2,1H3,(H,27,28). The van der Waals surface area contributed by atoms with Gasteiger partial charge in [-0.15, -0.1) is 0 Å². The summed E-state index contributed by atoms with van der Waals surface area (Å²) >= 11 is 6.03. The van der Waals surface area contributed by atoms with Gasteiger partial charge in [-0.2, -0.15) is 5.10 Å². The van der Waals surface area contributed by atoms with Crippen LogP contribution in [0.25, 0.3) is 10.9 Å². The van der Waals surface area contributed by atoms with E-state index in [4.69, 9.17) is 11.6 Å². The van der Waals surface area contributed by atoms with Crippen LogP contribution in [0.1, 0.15) is 45.4 Å². The summed E-state index contributed by atoms with van der Waals surface area (Å²) in [5.41, 5.74) is 1.96. The lowest BCUT2D eigenvalue weighted by molar-refractivity contribution is 0.0683. The van der Waals surface area contributed by atoms with Gasteiger partial charge in [0.05, 0.1) is 23.4 Å². The van der Waals surface area contributed by atoms with Gasteiger partial charge >= 0.3 is 5.97 Å². The first-order valence-corrected chi connectivity index (χ1v) is 9.45. The van der Waals surface area contributed by atoms with Crippen molar-refractivity contribution in [2.24, 2.45) is 0 Å². The molecule has 0 atom stereocenters. The van der Waals surface area contributed by atoms with Gasteiger partial charge in [-0.1, -0.05) is 23.7 Å². The first kappa shape index (κ1) is 18.4. The molecule has 28 heavy (non-hydrogen) atoms. The SMILES string of the molecule is Cc1c(C(=O)O)cnn1C1CCN(C(=O)c2ccc3ccc(Cl)cc3n2)CC1. The molecule has 0 spiro atoms. The summed E-state index contributed by atoms with van der Waals surface area (Å²) in [5, 5.41) is 14.9. The van der Waals surface area contributed by atoms with Gasteiger partial charge in [-0.25, -0.2) is 9.78 Å². The van der Waals surface area contributed by atoms with Crippen molar-refractivity contribution in [1.29, 1.82) is 0 Å². The van der Waals surface area contributed by atoms with Gasteiger partial charge in [0.1, 0.15) is 11.3 Å². The maximum absolute atomic E-state index is 12.9. The quantitative estimate of drug-likeness (QED) is 0.728. The largest absolute Gasteiger partial charge is 0.478 e. The van der Waals surface area contributed by atoms with E-state index >= 15 is 0 Å². The van der Waals surface area contributed by atoms with Crippen LogP contribution in [0.3, 0.4) is 0 Å². The molecule has 4 rings (SSSR count). The Bertz CT molecular complexity index is 1070. The Balaban J connectivity index is 1.48. The van der Waals surface area contributed by atoms with Crippen molar-refractivity contribution < 1.29 is 14.7 Å². The van der Waals surface area contributed by atoms with Gasteiger partial charge in [-0.3, -0.25) is 9.48 Å². The molecule has 3 heterocycles. The smallest absolute Gasteiger partial charge is 0.339 e. The number of hydrogen-bond donors (Lipinski definition) is 1. The van der Waals surface area contributed by atoms with Crippen LogP contribution in [0, 0.1) is 6.92 Å². The normalized spacial score (nSPS) is 15.1. The molecular weight excluding hydrogens is 380 g/mol. The summed E-state index contributed by atoms with van der Waals surface area (Å²) in [7, 11) is 0. The van der Waals surface area contributed by atoms with E-state index in [-0.39, 0.29) is 17.5 Å². The molecule has 1 amide bonds. The van der Waals surface area contributed by atoms with E-state index in [0.29, 0.717) is 47.9 Å². The molecule has 1 fully saturated rings. The molecule has 0 aliphatic carbocycles. The Labute approximate surface area is 166 Å². The molecule has 1 N–H and O–H groups in total. The molecule has 1 aromatic carbocycles. The number of halogens is 1. The van der Waals surface area contributed by atoms with Crippen LogP contribution in [0.5, 0.6) is 0 Å². The number of rotatable bonds is 3. The average molecular weight is 399 g/mol. The van der Waals surface area contributed by atoms with Gasteiger partial charge < -0.3 is 10.0 Å². The number of likely N-dealkylation sites (tertiary alicyclic amines) is 1. The third-order valence-electron chi connectivity index (χ3n) is 5.25. The second-order valence-electron chi connectivity index (χ2n) is 6.95. The third-order valence-corrected chi connectivity index (χ3v) is 5.48. The van der Waals surface area contributed by atoms with Crippen molar-refractivity contribution in [2.45, 2.75) is 25.8 Å². The number of carboxylic acids is 1. The zero-order valence-electron chi connectivity index (χ0n) is 15.3. The van der Waals surface area contributed by atoms with Crippen LogP contribution in [0.4, 0.5) is 0 Å². The topological polar surface area (TPSA) is 88.3 Å². The van der Waals surface area contributed by atoms with Crippen LogP contribution in [0.15, 0.2) is 36.5 Å². The van der Waals surface area contributed by atoms with Crippen molar-refractivity contribution in [3.8, 4) is 0 Å². The van der Waals surface area contributed by atoms with Crippen LogP contribution < -0.4 is 0 Å². The number of carboxylic acid groups (broad SMARTS) is 1. The highest BCUT2D eigenvalue weighted by Crippen LogP contribution is 2.26. The van der Waals surface area contributed by atoms with Gasteiger partial charge in [0.2, 0.25) is 0 Å². The van der Waals surface area contributed by atoms with Crippen molar-refractivity contribution in [1.82, 2.24) is 19.7 Å². The van der Waals surface area contributed by atoms with Crippen LogP contribution in [-0.2, 0) is 0 Å². The number of amides is 1. The fourth-order valence-corrected chi connectivity index (χ4v) is 3.85. The van der Waals surface area contributed by atoms with Crippen LogP contribution in [0.2, 0.25) is 5.02 Å². The van der Waals surface area contributed by atoms with E-state index < -0.39 is 5.97 Å². The number of fused-ring (bicyclic) bond motifs is 1. The molecule has 1 saturated heterocycles. The predicted octanol–water partition coefficient (Wildman–Crippen LogP) is 3.57. The zero-order valence-corrected chi connectivity index (χ0v) is 16.1. The van der Waals surface area contributed by atoms with Gasteiger partial charge in [-0.05, 0) is 38.0 Å². The molecule has 8 heteroatoms. The van der Waals surface area contributed by atoms with E-state index in [0.717, 1.165) is 5.39 Å². The summed E-state index contributed by atoms with van der Waals surface area (Å²) in [4.78, 5) is 30.3. The highest BCUT2D eigenvalue weighted by Gasteiger charge is 2.27. The summed E-state index contributed by atoms with van der Waals surface area (Å²) < 4.78 is 1.77. The highest BCUT2D eigenvalue weighted by atomic mass is 35.5. The van der Waals surface area contributed by atoms with Crippen molar-refractivity contribution >= 4 is 34.4 Å². The Morgan fingerprint density at radius 2 is 1.89 bits per heavy atom. The summed E-state index contributed by atoms with van der Waals surface area (Å²) in [6, 6.07) is 9.12. The second kappa shape index (κ2) is 7.24. The lowest BCUT2D eigenvalue weighted by Gasteiger charge is -2.32. The molecule has 1 aliphatic rings. The summed E-state index contributed by atoms with van der Waals surface area (Å²) in [6.45, 7) is 2.90. The number of aromatic nitrogens is 3. The molecule has 0 bridgehead atoms. The highest BCUT2D eigenvalue weighted by molar-refractivity contribution is 6.31. The lowest BCUT2D eigenvalue weighted by Crippen LogP contribution is -2.39. The van der Waals surface area contributed by atoms with E-state index in [1.54, 1.807) is 34.7 Å². The molecule has 1 aliphatic heterocycles. The second-order valence-corrected chi connectivity index (χ2v) is 7.39. The molecule has 2 aromatic heterocycles. The van der Waals surface area contributed by atoms with Crippen molar-refractivity contribution in [2.75, 3.05) is 13.1 Å². The minimum atomic E-state index is -0.973. The Morgan fingerprint density at radius 3 is 2.57 bits per heavy atom. The fraction of sp³-hybridized carbons (Fsp3) is 0.300. The van der Waals surface area contributed by atoms with E-state index in [2.05, 4.69) is 10.1 Å². The third kappa shape index (κ3) is 3.33. The Kier molecular flexibility index (Phi) is 4.77. The maximum Gasteiger partial charge on any atom is 0.339 e. The minimum Gasteiger partial charge on any atom is -0.478 e. The minimum absolute atomic E-state index is 0.0838. The fourth-order valence-electron chi connectivity index (χ4n) is 3.69. The van der Waals surface area contributed by atoms with Crippen molar-refractivity contribution in [3.05, 3.63) is 58.5 Å². The first-order valence-electron chi connectivity index (χ1n) is 9.07. The number of nitrogens with zero attached hydrogens (tertiary/aromatic N) is 4. The molecule has 0 saturated carbocycles. The van der Waals surface area contributed by atoms with Gasteiger partial charge in [0, 0.05) is 23.5 Å². The number of pyridine rings is 1.